The maximum Gasteiger partial charge on any atom is 0.340 e. The van der Waals surface area contributed by atoms with Crippen molar-refractivity contribution >= 4 is 17.7 Å². The molecule has 0 amide bonds. The van der Waals surface area contributed by atoms with Crippen LogP contribution in [0.1, 0.15) is 55.1 Å². The van der Waals surface area contributed by atoms with E-state index in [4.69, 9.17) is 9.47 Å². The number of ether oxygens (including phenoxy) is 2. The van der Waals surface area contributed by atoms with E-state index >= 15 is 0 Å². The number of benzene rings is 1. The number of carbonyl (C=O) groups is 3. The zero-order valence-corrected chi connectivity index (χ0v) is 17.3. The molecule has 0 aliphatic rings. The third-order valence-electron chi connectivity index (χ3n) is 4.71. The smallest absolute Gasteiger partial charge is 0.340 e. The number of ketones is 1. The fourth-order valence-corrected chi connectivity index (χ4v) is 3.20. The Balaban J connectivity index is 1.66. The lowest BCUT2D eigenvalue weighted by atomic mass is 10.1. The molecule has 0 radical (unpaired) electrons. The average Bonchev–Trinajstić information content (AvgIpc) is 3.28. The molecule has 2 heterocycles. The van der Waals surface area contributed by atoms with Gasteiger partial charge in [-0.3, -0.25) is 4.79 Å². The molecule has 30 heavy (non-hydrogen) atoms. The van der Waals surface area contributed by atoms with Crippen LogP contribution in [0.15, 0.2) is 36.5 Å². The second-order valence-electron chi connectivity index (χ2n) is 6.78. The highest BCUT2D eigenvalue weighted by Gasteiger charge is 2.23. The van der Waals surface area contributed by atoms with Gasteiger partial charge in [-0.15, -0.1) is 0 Å². The molecule has 1 aromatic carbocycles. The molecular weight excluding hydrogens is 386 g/mol. The van der Waals surface area contributed by atoms with Gasteiger partial charge < -0.3 is 14.5 Å². The zero-order valence-electron chi connectivity index (χ0n) is 17.3. The van der Waals surface area contributed by atoms with Crippen LogP contribution in [-0.4, -0.2) is 45.7 Å². The van der Waals surface area contributed by atoms with E-state index in [-0.39, 0.29) is 12.3 Å². The highest BCUT2D eigenvalue weighted by Crippen LogP contribution is 2.20. The van der Waals surface area contributed by atoms with Crippen LogP contribution in [0.2, 0.25) is 0 Å². The van der Waals surface area contributed by atoms with Crippen LogP contribution >= 0.6 is 0 Å². The fraction of sp³-hybridized carbons (Fsp3) is 0.273. The number of aromatic amines is 1. The summed E-state index contributed by atoms with van der Waals surface area (Å²) in [5.41, 5.74) is 3.67. The number of aromatic nitrogens is 3. The van der Waals surface area contributed by atoms with Gasteiger partial charge in [0.2, 0.25) is 5.78 Å². The SMILES string of the molecule is CCOC(=O)c1c(C)[nH]c(C(=O)COC(=O)c2ccc(-n3nccc3C)cc2)c1C. The van der Waals surface area contributed by atoms with Gasteiger partial charge >= 0.3 is 11.9 Å². The predicted octanol–water partition coefficient (Wildman–Crippen LogP) is 3.34. The van der Waals surface area contributed by atoms with Crippen LogP contribution in [-0.2, 0) is 9.47 Å². The summed E-state index contributed by atoms with van der Waals surface area (Å²) < 4.78 is 11.9. The van der Waals surface area contributed by atoms with Gasteiger partial charge in [0.25, 0.3) is 0 Å². The molecule has 3 aromatic rings. The minimum absolute atomic E-state index is 0.229. The molecule has 0 fully saturated rings. The minimum atomic E-state index is -0.612. The van der Waals surface area contributed by atoms with Crippen LogP contribution in [0.4, 0.5) is 0 Å². The standard InChI is InChI=1S/C22H23N3O5/c1-5-29-22(28)19-14(3)20(24-15(19)4)18(26)12-30-21(27)16-6-8-17(9-7-16)25-13(2)10-11-23-25/h6-11,24H,5,12H2,1-4H3. The third-order valence-corrected chi connectivity index (χ3v) is 4.71. The van der Waals surface area contributed by atoms with Crippen molar-refractivity contribution in [1.29, 1.82) is 0 Å². The number of hydrogen-bond acceptors (Lipinski definition) is 6. The molecule has 156 valence electrons. The third kappa shape index (κ3) is 4.17. The fourth-order valence-electron chi connectivity index (χ4n) is 3.20. The maximum atomic E-state index is 12.5. The minimum Gasteiger partial charge on any atom is -0.462 e. The number of nitrogens with one attached hydrogen (secondary N) is 1. The Hall–Kier alpha value is -3.68. The molecule has 3 rings (SSSR count). The first-order valence-corrected chi connectivity index (χ1v) is 9.51. The molecule has 2 aromatic heterocycles. The van der Waals surface area contributed by atoms with E-state index in [2.05, 4.69) is 10.1 Å². The average molecular weight is 409 g/mol. The number of rotatable bonds is 7. The Bertz CT molecular complexity index is 1090. The molecule has 0 unspecified atom stereocenters. The molecule has 0 atom stereocenters. The summed E-state index contributed by atoms with van der Waals surface area (Å²) in [6.45, 7) is 6.78. The lowest BCUT2D eigenvalue weighted by Crippen LogP contribution is -2.16. The van der Waals surface area contributed by atoms with Crippen molar-refractivity contribution in [2.75, 3.05) is 13.2 Å². The van der Waals surface area contributed by atoms with Gasteiger partial charge in [-0.05, 0) is 63.6 Å². The van der Waals surface area contributed by atoms with Crippen molar-refractivity contribution < 1.29 is 23.9 Å². The first kappa shape index (κ1) is 21.0. The first-order chi connectivity index (χ1) is 14.3. The second kappa shape index (κ2) is 8.77. The molecule has 0 saturated heterocycles. The number of Topliss-reactive ketones (excluding diaryl/α,β-unsaturated/α-hetero) is 1. The topological polar surface area (TPSA) is 103 Å². The molecule has 0 aliphatic heterocycles. The van der Waals surface area contributed by atoms with E-state index < -0.39 is 24.3 Å². The van der Waals surface area contributed by atoms with Gasteiger partial charge in [0.05, 0.1) is 29.1 Å². The normalized spacial score (nSPS) is 10.7. The quantitative estimate of drug-likeness (QED) is 0.474. The summed E-state index contributed by atoms with van der Waals surface area (Å²) in [6, 6.07) is 8.62. The largest absolute Gasteiger partial charge is 0.462 e. The van der Waals surface area contributed by atoms with Crippen molar-refractivity contribution in [1.82, 2.24) is 14.8 Å². The Kier molecular flexibility index (Phi) is 6.15. The van der Waals surface area contributed by atoms with Crippen LogP contribution in [0.25, 0.3) is 5.69 Å². The van der Waals surface area contributed by atoms with E-state index in [0.717, 1.165) is 11.4 Å². The monoisotopic (exact) mass is 409 g/mol. The molecule has 0 aliphatic carbocycles. The number of aryl methyl sites for hydroxylation is 2. The first-order valence-electron chi connectivity index (χ1n) is 9.51. The lowest BCUT2D eigenvalue weighted by molar-refractivity contribution is 0.0472. The van der Waals surface area contributed by atoms with Crippen molar-refractivity contribution in [3.05, 3.63) is 70.3 Å². The van der Waals surface area contributed by atoms with E-state index in [9.17, 15) is 14.4 Å². The number of H-pyrrole nitrogens is 1. The Morgan fingerprint density at radius 2 is 1.70 bits per heavy atom. The number of nitrogens with zero attached hydrogens (tertiary/aromatic N) is 2. The number of carbonyl (C=O) groups excluding carboxylic acids is 3. The molecule has 0 bridgehead atoms. The van der Waals surface area contributed by atoms with Crippen LogP contribution in [0.3, 0.4) is 0 Å². The summed E-state index contributed by atoms with van der Waals surface area (Å²) in [6.07, 6.45) is 1.70. The van der Waals surface area contributed by atoms with Gasteiger partial charge in [-0.25, -0.2) is 14.3 Å². The molecule has 8 heteroatoms. The highest BCUT2D eigenvalue weighted by atomic mass is 16.5. The van der Waals surface area contributed by atoms with Gasteiger partial charge in [0, 0.05) is 17.6 Å². The second-order valence-corrected chi connectivity index (χ2v) is 6.78. The van der Waals surface area contributed by atoms with E-state index in [0.29, 0.717) is 22.4 Å². The summed E-state index contributed by atoms with van der Waals surface area (Å²) in [4.78, 5) is 39.8. The van der Waals surface area contributed by atoms with Crippen LogP contribution in [0.5, 0.6) is 0 Å². The molecule has 0 saturated carbocycles. The van der Waals surface area contributed by atoms with Crippen molar-refractivity contribution in [3.63, 3.8) is 0 Å². The van der Waals surface area contributed by atoms with Gasteiger partial charge in [-0.1, -0.05) is 0 Å². The zero-order chi connectivity index (χ0) is 21.8. The molecule has 0 spiro atoms. The molecule has 8 nitrogen and oxygen atoms in total. The summed E-state index contributed by atoms with van der Waals surface area (Å²) in [5.74, 6) is -1.53. The summed E-state index contributed by atoms with van der Waals surface area (Å²) in [7, 11) is 0. The predicted molar refractivity (Wildman–Crippen MR) is 109 cm³/mol. The maximum absolute atomic E-state index is 12.5. The van der Waals surface area contributed by atoms with E-state index in [1.807, 2.05) is 13.0 Å². The van der Waals surface area contributed by atoms with Crippen LogP contribution in [0, 0.1) is 20.8 Å². The van der Waals surface area contributed by atoms with Gasteiger partial charge in [-0.2, -0.15) is 5.10 Å². The lowest BCUT2D eigenvalue weighted by Gasteiger charge is -2.07. The van der Waals surface area contributed by atoms with Crippen LogP contribution < -0.4 is 0 Å². The van der Waals surface area contributed by atoms with E-state index in [1.54, 1.807) is 55.9 Å². The molecular formula is C22H23N3O5. The number of esters is 2. The Labute approximate surface area is 173 Å². The van der Waals surface area contributed by atoms with Crippen molar-refractivity contribution in [2.45, 2.75) is 27.7 Å². The van der Waals surface area contributed by atoms with E-state index in [1.165, 1.54) is 0 Å². The summed E-state index contributed by atoms with van der Waals surface area (Å²) in [5, 5.41) is 4.21. The Morgan fingerprint density at radius 3 is 2.30 bits per heavy atom. The number of hydrogen-bond donors (Lipinski definition) is 1. The highest BCUT2D eigenvalue weighted by molar-refractivity contribution is 6.03. The molecule has 1 N–H and O–H groups in total. The van der Waals surface area contributed by atoms with Gasteiger partial charge in [0.15, 0.2) is 6.61 Å². The van der Waals surface area contributed by atoms with Gasteiger partial charge in [0.1, 0.15) is 0 Å². The summed E-state index contributed by atoms with van der Waals surface area (Å²) >= 11 is 0. The van der Waals surface area contributed by atoms with Crippen molar-refractivity contribution in [2.24, 2.45) is 0 Å². The Morgan fingerprint density at radius 1 is 1.00 bits per heavy atom. The van der Waals surface area contributed by atoms with Crippen molar-refractivity contribution in [3.8, 4) is 5.69 Å².